The Morgan fingerprint density at radius 2 is 2.07 bits per heavy atom. The molecule has 0 saturated carbocycles. The third kappa shape index (κ3) is 3.93. The Hall–Kier alpha value is -2.93. The van der Waals surface area contributed by atoms with Gasteiger partial charge in [-0.2, -0.15) is 0 Å². The van der Waals surface area contributed by atoms with Gasteiger partial charge in [-0.25, -0.2) is 4.39 Å². The lowest BCUT2D eigenvalue weighted by Crippen LogP contribution is -2.07. The highest BCUT2D eigenvalue weighted by molar-refractivity contribution is 5.90. The number of carbonyl (C=O) groups excluding carboxylic acids is 2. The van der Waals surface area contributed by atoms with Crippen molar-refractivity contribution in [1.29, 1.82) is 0 Å². The molecule has 3 rings (SSSR count). The molecule has 0 aromatic heterocycles. The van der Waals surface area contributed by atoms with Crippen LogP contribution >= 0.6 is 0 Å². The van der Waals surface area contributed by atoms with Gasteiger partial charge in [-0.3, -0.25) is 9.59 Å². The molecule has 0 spiro atoms. The predicted molar refractivity (Wildman–Crippen MR) is 94.6 cm³/mol. The molecule has 2 aromatic rings. The zero-order valence-corrected chi connectivity index (χ0v) is 14.7. The molecule has 1 saturated heterocycles. The van der Waals surface area contributed by atoms with Gasteiger partial charge in [0.25, 0.3) is 0 Å². The molecular weight excluding hydrogens is 355 g/mol. The zero-order valence-electron chi connectivity index (χ0n) is 14.7. The number of hydrogen-bond donors (Lipinski definition) is 1. The van der Waals surface area contributed by atoms with Gasteiger partial charge in [-0.1, -0.05) is 0 Å². The second kappa shape index (κ2) is 8.18. The number of cyclic esters (lactones) is 1. The number of phenolic OH excluding ortho intramolecular Hbond substituents is 1. The second-order valence-electron chi connectivity index (χ2n) is 6.11. The monoisotopic (exact) mass is 374 g/mol. The zero-order chi connectivity index (χ0) is 19.4. The highest BCUT2D eigenvalue weighted by Gasteiger charge is 2.30. The maximum Gasteiger partial charge on any atom is 0.313 e. The Balaban J connectivity index is 2.11. The van der Waals surface area contributed by atoms with Crippen LogP contribution in [0.2, 0.25) is 0 Å². The van der Waals surface area contributed by atoms with Crippen molar-refractivity contribution < 1.29 is 33.3 Å². The first-order chi connectivity index (χ1) is 13.0. The molecule has 0 amide bonds. The number of aldehydes is 1. The van der Waals surface area contributed by atoms with E-state index >= 15 is 0 Å². The van der Waals surface area contributed by atoms with Crippen molar-refractivity contribution in [3.63, 3.8) is 0 Å². The van der Waals surface area contributed by atoms with Gasteiger partial charge < -0.3 is 19.3 Å². The van der Waals surface area contributed by atoms with E-state index in [-0.39, 0.29) is 35.0 Å². The van der Waals surface area contributed by atoms with Crippen LogP contribution in [0.5, 0.6) is 11.5 Å². The first-order valence-electron chi connectivity index (χ1n) is 8.45. The van der Waals surface area contributed by atoms with Gasteiger partial charge >= 0.3 is 5.97 Å². The molecular formula is C20H19FO6. The second-order valence-corrected chi connectivity index (χ2v) is 6.11. The van der Waals surface area contributed by atoms with Gasteiger partial charge in [0.2, 0.25) is 0 Å². The van der Waals surface area contributed by atoms with Crippen LogP contribution in [0.15, 0.2) is 30.3 Å². The van der Waals surface area contributed by atoms with E-state index in [0.29, 0.717) is 37.2 Å². The number of carbonyl (C=O) groups is 2. The van der Waals surface area contributed by atoms with Crippen molar-refractivity contribution in [2.24, 2.45) is 0 Å². The summed E-state index contributed by atoms with van der Waals surface area (Å²) >= 11 is 0. The molecule has 142 valence electrons. The quantitative estimate of drug-likeness (QED) is 0.456. The van der Waals surface area contributed by atoms with Gasteiger partial charge in [0.05, 0.1) is 24.7 Å². The summed E-state index contributed by atoms with van der Waals surface area (Å²) in [7, 11) is 1.53. The summed E-state index contributed by atoms with van der Waals surface area (Å²) in [6.07, 6.45) is 0.967. The number of halogens is 1. The fourth-order valence-electron chi connectivity index (χ4n) is 3.05. The van der Waals surface area contributed by atoms with E-state index in [1.807, 2.05) is 0 Å². The maximum absolute atomic E-state index is 13.9. The number of methoxy groups -OCH3 is 1. The van der Waals surface area contributed by atoms with Gasteiger partial charge in [-0.15, -0.1) is 0 Å². The van der Waals surface area contributed by atoms with E-state index < -0.39 is 11.7 Å². The van der Waals surface area contributed by atoms with Crippen LogP contribution in [-0.2, 0) is 14.3 Å². The number of hydrogen-bond acceptors (Lipinski definition) is 6. The fraction of sp³-hybridized carbons (Fsp3) is 0.300. The summed E-state index contributed by atoms with van der Waals surface area (Å²) in [6.45, 7) is 0.850. The lowest BCUT2D eigenvalue weighted by Gasteiger charge is -2.16. The smallest absolute Gasteiger partial charge is 0.313 e. The molecule has 1 unspecified atom stereocenters. The van der Waals surface area contributed by atoms with Gasteiger partial charge in [0, 0.05) is 18.2 Å². The molecule has 6 nitrogen and oxygen atoms in total. The van der Waals surface area contributed by atoms with Gasteiger partial charge in [0.1, 0.15) is 23.9 Å². The number of ether oxygens (including phenoxy) is 3. The Morgan fingerprint density at radius 1 is 1.26 bits per heavy atom. The molecule has 0 aliphatic carbocycles. The normalized spacial score (nSPS) is 16.2. The number of benzene rings is 2. The topological polar surface area (TPSA) is 82.1 Å². The van der Waals surface area contributed by atoms with Crippen molar-refractivity contribution >= 4 is 12.3 Å². The first-order valence-corrected chi connectivity index (χ1v) is 8.45. The Bertz CT molecular complexity index is 864. The molecule has 2 aromatic carbocycles. The Kier molecular flexibility index (Phi) is 5.71. The van der Waals surface area contributed by atoms with E-state index in [9.17, 15) is 19.1 Å². The third-order valence-electron chi connectivity index (χ3n) is 4.40. The van der Waals surface area contributed by atoms with E-state index in [4.69, 9.17) is 14.2 Å². The number of aromatic hydroxyl groups is 1. The molecule has 0 radical (unpaired) electrons. The molecule has 1 N–H and O–H groups in total. The van der Waals surface area contributed by atoms with E-state index in [2.05, 4.69) is 0 Å². The van der Waals surface area contributed by atoms with Crippen molar-refractivity contribution in [2.75, 3.05) is 26.9 Å². The first kappa shape index (κ1) is 18.8. The lowest BCUT2D eigenvalue weighted by atomic mass is 9.91. The highest BCUT2D eigenvalue weighted by atomic mass is 19.1. The van der Waals surface area contributed by atoms with Crippen molar-refractivity contribution in [1.82, 2.24) is 0 Å². The molecule has 1 aliphatic heterocycles. The maximum atomic E-state index is 13.9. The van der Waals surface area contributed by atoms with Crippen LogP contribution in [0.25, 0.3) is 11.1 Å². The number of esters is 1. The van der Waals surface area contributed by atoms with E-state index in [1.165, 1.54) is 31.4 Å². The Labute approximate surface area is 155 Å². The Morgan fingerprint density at radius 3 is 2.74 bits per heavy atom. The number of phenols is 1. The summed E-state index contributed by atoms with van der Waals surface area (Å²) in [4.78, 5) is 23.4. The molecule has 1 aliphatic rings. The van der Waals surface area contributed by atoms with E-state index in [1.54, 1.807) is 6.07 Å². The summed E-state index contributed by atoms with van der Waals surface area (Å²) in [6, 6.07) is 6.91. The molecule has 1 heterocycles. The number of rotatable bonds is 7. The van der Waals surface area contributed by atoms with Crippen LogP contribution < -0.4 is 4.74 Å². The molecule has 1 atom stereocenters. The summed E-state index contributed by atoms with van der Waals surface area (Å²) in [5.41, 5.74) is 1.02. The highest BCUT2D eigenvalue weighted by Crippen LogP contribution is 2.41. The predicted octanol–water partition coefficient (Wildman–Crippen LogP) is 3.07. The fourth-order valence-corrected chi connectivity index (χ4v) is 3.05. The molecule has 1 fully saturated rings. The average molecular weight is 374 g/mol. The van der Waals surface area contributed by atoms with Crippen molar-refractivity contribution in [3.8, 4) is 22.6 Å². The lowest BCUT2D eigenvalue weighted by molar-refractivity contribution is -0.139. The SMILES string of the molecule is COCCOc1ccc(F)cc1-c1cc(C2CCOC2=O)cc(C=O)c1O. The standard InChI is InChI=1S/C20H19FO6/c1-25-6-7-26-18-3-2-14(21)10-16(18)17-9-12(8-13(11-22)19(17)23)15-4-5-27-20(15)24/h2-3,8-11,15,23H,4-7H2,1H3. The molecule has 7 heteroatoms. The van der Waals surface area contributed by atoms with E-state index in [0.717, 1.165) is 0 Å². The minimum Gasteiger partial charge on any atom is -0.507 e. The largest absolute Gasteiger partial charge is 0.507 e. The van der Waals surface area contributed by atoms with Gasteiger partial charge in [-0.05, 0) is 42.3 Å². The summed E-state index contributed by atoms with van der Waals surface area (Å²) < 4.78 is 29.4. The molecule has 27 heavy (non-hydrogen) atoms. The van der Waals surface area contributed by atoms with Gasteiger partial charge in [0.15, 0.2) is 6.29 Å². The minimum atomic E-state index is -0.533. The van der Waals surface area contributed by atoms with Crippen LogP contribution in [0.1, 0.15) is 28.3 Å². The van der Waals surface area contributed by atoms with Crippen LogP contribution in [0.4, 0.5) is 4.39 Å². The minimum absolute atomic E-state index is 0.00861. The van der Waals surface area contributed by atoms with Crippen LogP contribution in [-0.4, -0.2) is 44.3 Å². The summed E-state index contributed by atoms with van der Waals surface area (Å²) in [5, 5.41) is 10.5. The summed E-state index contributed by atoms with van der Waals surface area (Å²) in [5.74, 6) is -1.43. The van der Waals surface area contributed by atoms with Crippen molar-refractivity contribution in [2.45, 2.75) is 12.3 Å². The molecule has 0 bridgehead atoms. The third-order valence-corrected chi connectivity index (χ3v) is 4.40. The van der Waals surface area contributed by atoms with Crippen LogP contribution in [0, 0.1) is 5.82 Å². The average Bonchev–Trinajstić information content (AvgIpc) is 3.09. The van der Waals surface area contributed by atoms with Crippen LogP contribution in [0.3, 0.4) is 0 Å². The van der Waals surface area contributed by atoms with Crippen molar-refractivity contribution in [3.05, 3.63) is 47.3 Å².